The van der Waals surface area contributed by atoms with Gasteiger partial charge in [0, 0.05) is 41.4 Å². The molecule has 0 unspecified atom stereocenters. The summed E-state index contributed by atoms with van der Waals surface area (Å²) >= 11 is 0. The summed E-state index contributed by atoms with van der Waals surface area (Å²) in [5, 5.41) is 0.973. The molecule has 4 aromatic heterocycles. The van der Waals surface area contributed by atoms with Crippen LogP contribution >= 0.6 is 0 Å². The van der Waals surface area contributed by atoms with Gasteiger partial charge in [0.2, 0.25) is 0 Å². The van der Waals surface area contributed by atoms with Gasteiger partial charge >= 0.3 is 0 Å². The van der Waals surface area contributed by atoms with Crippen LogP contribution in [0.2, 0.25) is 0 Å². The van der Waals surface area contributed by atoms with Crippen molar-refractivity contribution in [2.45, 2.75) is 68.2 Å². The molecule has 5 nitrogen and oxygen atoms in total. The molecule has 0 spiro atoms. The number of aromatic nitrogens is 4. The molecule has 176 valence electrons. The van der Waals surface area contributed by atoms with Crippen LogP contribution in [0.3, 0.4) is 0 Å². The quantitative estimate of drug-likeness (QED) is 0.331. The van der Waals surface area contributed by atoms with E-state index in [0.29, 0.717) is 5.69 Å². The fourth-order valence-electron chi connectivity index (χ4n) is 3.18. The molecule has 0 aliphatic carbocycles. The molecule has 0 saturated carbocycles. The zero-order valence-electron chi connectivity index (χ0n) is 21.2. The molecule has 0 fully saturated rings. The molecule has 0 aliphatic heterocycles. The largest absolute Gasteiger partial charge is 0.372 e. The molecule has 4 rings (SSSR count). The standard InChI is InChI=1S/C17H18FN3O.C8H11N.C2H6/c1-10(2)14-8-13-9-20-11(3)7-15(13)21(14)22-16-5-6-19-12(4)17(16)18;1-6-4-7(2)8(3)9-5-6;1-2/h5-10H,1-4H3;4-5H,1-3H3;1-2H3. The third kappa shape index (κ3) is 6.37. The monoisotopic (exact) mass is 450 g/mol. The first kappa shape index (κ1) is 26.0. The van der Waals surface area contributed by atoms with Crippen molar-refractivity contribution in [3.05, 3.63) is 82.6 Å². The second-order valence-corrected chi connectivity index (χ2v) is 8.12. The van der Waals surface area contributed by atoms with Crippen molar-refractivity contribution in [1.82, 2.24) is 19.7 Å². The zero-order chi connectivity index (χ0) is 24.7. The zero-order valence-corrected chi connectivity index (χ0v) is 21.2. The fourth-order valence-corrected chi connectivity index (χ4v) is 3.18. The molecule has 6 heteroatoms. The summed E-state index contributed by atoms with van der Waals surface area (Å²) in [6, 6.07) is 7.64. The number of hydrogen-bond acceptors (Lipinski definition) is 4. The Morgan fingerprint density at radius 1 is 0.879 bits per heavy atom. The lowest BCUT2D eigenvalue weighted by Crippen LogP contribution is -2.11. The SMILES string of the molecule is CC.Cc1cc2c(cn1)cc(C(C)C)n2Oc1ccnc(C)c1F.Cc1cnc(C)c(C)c1. The van der Waals surface area contributed by atoms with E-state index in [4.69, 9.17) is 4.84 Å². The predicted octanol–water partition coefficient (Wildman–Crippen LogP) is 7.19. The van der Waals surface area contributed by atoms with Crippen LogP contribution in [0.5, 0.6) is 5.75 Å². The summed E-state index contributed by atoms with van der Waals surface area (Å²) in [5.41, 5.74) is 6.69. The van der Waals surface area contributed by atoms with Crippen LogP contribution in [-0.2, 0) is 0 Å². The van der Waals surface area contributed by atoms with E-state index in [-0.39, 0.29) is 11.7 Å². The van der Waals surface area contributed by atoms with Gasteiger partial charge in [0.05, 0.1) is 16.9 Å². The van der Waals surface area contributed by atoms with Crippen molar-refractivity contribution in [3.63, 3.8) is 0 Å². The Bertz CT molecular complexity index is 1210. The van der Waals surface area contributed by atoms with Crippen LogP contribution in [0.1, 0.15) is 67.5 Å². The first-order chi connectivity index (χ1) is 15.7. The predicted molar refractivity (Wildman–Crippen MR) is 133 cm³/mol. The molecule has 0 amide bonds. The van der Waals surface area contributed by atoms with Crippen LogP contribution in [0.15, 0.2) is 42.9 Å². The molecule has 0 aliphatic rings. The number of hydrogen-bond donors (Lipinski definition) is 0. The highest BCUT2D eigenvalue weighted by molar-refractivity contribution is 5.80. The molecule has 0 atom stereocenters. The van der Waals surface area contributed by atoms with E-state index in [9.17, 15) is 4.39 Å². The third-order valence-corrected chi connectivity index (χ3v) is 5.09. The van der Waals surface area contributed by atoms with Gasteiger partial charge in [0.15, 0.2) is 11.6 Å². The van der Waals surface area contributed by atoms with Crippen LogP contribution in [-0.4, -0.2) is 19.7 Å². The fraction of sp³-hybridized carbons (Fsp3) is 0.370. The Labute approximate surface area is 196 Å². The Morgan fingerprint density at radius 2 is 1.58 bits per heavy atom. The molecular weight excluding hydrogens is 415 g/mol. The number of halogens is 1. The highest BCUT2D eigenvalue weighted by atomic mass is 19.1. The minimum absolute atomic E-state index is 0.168. The average molecular weight is 451 g/mol. The Balaban J connectivity index is 0.000000293. The normalized spacial score (nSPS) is 10.4. The van der Waals surface area contributed by atoms with Gasteiger partial charge in [-0.2, -0.15) is 4.73 Å². The van der Waals surface area contributed by atoms with Crippen molar-refractivity contribution in [2.24, 2.45) is 0 Å². The van der Waals surface area contributed by atoms with Crippen LogP contribution in [0.25, 0.3) is 10.9 Å². The number of fused-ring (bicyclic) bond motifs is 1. The molecule has 4 aromatic rings. The third-order valence-electron chi connectivity index (χ3n) is 5.09. The Morgan fingerprint density at radius 3 is 2.18 bits per heavy atom. The molecule has 33 heavy (non-hydrogen) atoms. The van der Waals surface area contributed by atoms with E-state index in [1.807, 2.05) is 52.2 Å². The Hall–Kier alpha value is -3.28. The topological polar surface area (TPSA) is 52.8 Å². The summed E-state index contributed by atoms with van der Waals surface area (Å²) in [6.07, 6.45) is 5.24. The molecule has 0 radical (unpaired) electrons. The summed E-state index contributed by atoms with van der Waals surface area (Å²) in [5.74, 6) is -0.0371. The van der Waals surface area contributed by atoms with Gasteiger partial charge in [-0.3, -0.25) is 15.0 Å². The van der Waals surface area contributed by atoms with Crippen molar-refractivity contribution in [1.29, 1.82) is 0 Å². The van der Waals surface area contributed by atoms with Crippen molar-refractivity contribution in [3.8, 4) is 5.75 Å². The van der Waals surface area contributed by atoms with Crippen LogP contribution < -0.4 is 4.84 Å². The lowest BCUT2D eigenvalue weighted by molar-refractivity contribution is 0.205. The summed E-state index contributed by atoms with van der Waals surface area (Å²) in [4.78, 5) is 18.3. The summed E-state index contributed by atoms with van der Waals surface area (Å²) < 4.78 is 15.9. The van der Waals surface area contributed by atoms with E-state index >= 15 is 0 Å². The van der Waals surface area contributed by atoms with E-state index in [1.54, 1.807) is 17.9 Å². The summed E-state index contributed by atoms with van der Waals surface area (Å²) in [6.45, 7) is 17.8. The Kier molecular flexibility index (Phi) is 9.09. The molecule has 0 N–H and O–H groups in total. The van der Waals surface area contributed by atoms with Gasteiger partial charge in [-0.05, 0) is 63.8 Å². The van der Waals surface area contributed by atoms with Gasteiger partial charge in [-0.15, -0.1) is 0 Å². The average Bonchev–Trinajstić information content (AvgIpc) is 3.14. The highest BCUT2D eigenvalue weighted by Gasteiger charge is 2.16. The van der Waals surface area contributed by atoms with Crippen molar-refractivity contribution in [2.75, 3.05) is 0 Å². The molecule has 0 aromatic carbocycles. The van der Waals surface area contributed by atoms with Crippen molar-refractivity contribution < 1.29 is 9.23 Å². The molecule has 4 heterocycles. The number of rotatable bonds is 3. The van der Waals surface area contributed by atoms with E-state index in [1.165, 1.54) is 17.2 Å². The number of nitrogens with zero attached hydrogens (tertiary/aromatic N) is 4. The maximum atomic E-state index is 14.2. The van der Waals surface area contributed by atoms with Gasteiger partial charge in [-0.1, -0.05) is 33.8 Å². The number of aryl methyl sites for hydroxylation is 5. The highest BCUT2D eigenvalue weighted by Crippen LogP contribution is 2.28. The minimum atomic E-state index is -0.440. The second kappa shape index (κ2) is 11.5. The van der Waals surface area contributed by atoms with Gasteiger partial charge in [0.25, 0.3) is 0 Å². The van der Waals surface area contributed by atoms with Gasteiger partial charge in [0.1, 0.15) is 0 Å². The molecular formula is C27H35FN4O. The van der Waals surface area contributed by atoms with Gasteiger partial charge < -0.3 is 4.84 Å². The van der Waals surface area contributed by atoms with Gasteiger partial charge in [-0.25, -0.2) is 4.39 Å². The lowest BCUT2D eigenvalue weighted by atomic mass is 10.1. The molecule has 0 bridgehead atoms. The smallest absolute Gasteiger partial charge is 0.194 e. The van der Waals surface area contributed by atoms with Crippen LogP contribution in [0.4, 0.5) is 4.39 Å². The maximum Gasteiger partial charge on any atom is 0.194 e. The van der Waals surface area contributed by atoms with Crippen molar-refractivity contribution >= 4 is 10.9 Å². The maximum absolute atomic E-state index is 14.2. The van der Waals surface area contributed by atoms with E-state index in [0.717, 1.165) is 28.0 Å². The lowest BCUT2D eigenvalue weighted by Gasteiger charge is -2.14. The first-order valence-corrected chi connectivity index (χ1v) is 11.3. The second-order valence-electron chi connectivity index (χ2n) is 8.12. The molecule has 0 saturated heterocycles. The minimum Gasteiger partial charge on any atom is -0.372 e. The first-order valence-electron chi connectivity index (χ1n) is 11.3. The van der Waals surface area contributed by atoms with E-state index < -0.39 is 5.82 Å². The summed E-state index contributed by atoms with van der Waals surface area (Å²) in [7, 11) is 0. The number of pyridine rings is 3. The van der Waals surface area contributed by atoms with E-state index in [2.05, 4.69) is 48.7 Å². The van der Waals surface area contributed by atoms with Crippen LogP contribution in [0, 0.1) is 40.4 Å².